The van der Waals surface area contributed by atoms with Crippen LogP contribution in [0.1, 0.15) is 5.82 Å². The molecule has 1 aliphatic heterocycles. The number of rotatable bonds is 8. The fourth-order valence-corrected chi connectivity index (χ4v) is 5.86. The van der Waals surface area contributed by atoms with Crippen LogP contribution in [0.5, 0.6) is 0 Å². The van der Waals surface area contributed by atoms with Crippen molar-refractivity contribution in [2.24, 2.45) is 5.92 Å². The highest BCUT2D eigenvalue weighted by atomic mass is 35.5. The Morgan fingerprint density at radius 3 is 2.44 bits per heavy atom. The van der Waals surface area contributed by atoms with Crippen LogP contribution in [0.25, 0.3) is 17.2 Å². The Morgan fingerprint density at radius 2 is 1.80 bits per heavy atom. The van der Waals surface area contributed by atoms with Crippen molar-refractivity contribution in [3.8, 4) is 17.2 Å². The number of nitrogens with zero attached hydrogens (tertiary/aromatic N) is 7. The van der Waals surface area contributed by atoms with E-state index in [0.29, 0.717) is 5.02 Å². The van der Waals surface area contributed by atoms with E-state index in [4.69, 9.17) is 23.2 Å². The molecule has 0 spiro atoms. The molecule has 1 unspecified atom stereocenters. The summed E-state index contributed by atoms with van der Waals surface area (Å²) >= 11 is 12.1. The number of benzene rings is 1. The fraction of sp³-hybridized carbons (Fsp3) is 0.304. The van der Waals surface area contributed by atoms with Gasteiger partial charge in [-0.1, -0.05) is 23.2 Å². The molecule has 4 aromatic rings. The van der Waals surface area contributed by atoms with Crippen LogP contribution < -0.4 is 11.0 Å². The van der Waals surface area contributed by atoms with E-state index in [2.05, 4.69) is 20.2 Å². The zero-order chi connectivity index (χ0) is 29.5. The SMILES string of the molecule is O=C(NC(Cn1c(-c2ccc(Cl)cc2)nn(Cc2ncn(-c3ncccc3Cl)n2)c1=O)C(F)(F)F)C1CS(=O)(=O)C1. The van der Waals surface area contributed by atoms with Gasteiger partial charge in [-0.25, -0.2) is 32.5 Å². The molecule has 1 aromatic carbocycles. The summed E-state index contributed by atoms with van der Waals surface area (Å²) in [6, 6.07) is 6.61. The van der Waals surface area contributed by atoms with Crippen molar-refractivity contribution in [3.05, 3.63) is 75.3 Å². The highest BCUT2D eigenvalue weighted by Crippen LogP contribution is 2.26. The average Bonchev–Trinajstić information content (AvgIpc) is 3.47. The number of hydrogen-bond donors (Lipinski definition) is 1. The van der Waals surface area contributed by atoms with Crippen molar-refractivity contribution in [1.82, 2.24) is 39.4 Å². The van der Waals surface area contributed by atoms with Gasteiger partial charge in [0, 0.05) is 16.8 Å². The van der Waals surface area contributed by atoms with E-state index in [0.717, 1.165) is 9.25 Å². The zero-order valence-corrected chi connectivity index (χ0v) is 23.0. The number of carbonyl (C=O) groups is 1. The van der Waals surface area contributed by atoms with Gasteiger partial charge in [0.25, 0.3) is 0 Å². The summed E-state index contributed by atoms with van der Waals surface area (Å²) in [6.45, 7) is -1.34. The lowest BCUT2D eigenvalue weighted by molar-refractivity contribution is -0.165. The maximum absolute atomic E-state index is 14.0. The Balaban J connectivity index is 1.47. The molecule has 0 aliphatic carbocycles. The minimum atomic E-state index is -4.97. The lowest BCUT2D eigenvalue weighted by Gasteiger charge is -2.28. The van der Waals surface area contributed by atoms with Crippen molar-refractivity contribution >= 4 is 38.9 Å². The second kappa shape index (κ2) is 10.9. The molecule has 1 N–H and O–H groups in total. The van der Waals surface area contributed by atoms with Crippen molar-refractivity contribution < 1.29 is 26.4 Å². The van der Waals surface area contributed by atoms with Crippen LogP contribution in [0.2, 0.25) is 10.0 Å². The molecule has 1 atom stereocenters. The van der Waals surface area contributed by atoms with Gasteiger partial charge in [-0.3, -0.25) is 9.36 Å². The molecule has 41 heavy (non-hydrogen) atoms. The Hall–Kier alpha value is -3.76. The summed E-state index contributed by atoms with van der Waals surface area (Å²) in [5.41, 5.74) is -0.654. The van der Waals surface area contributed by atoms with Gasteiger partial charge in [0.1, 0.15) is 18.9 Å². The first-order valence-electron chi connectivity index (χ1n) is 11.8. The van der Waals surface area contributed by atoms with E-state index in [1.807, 2.05) is 5.32 Å². The summed E-state index contributed by atoms with van der Waals surface area (Å²) in [4.78, 5) is 34.0. The monoisotopic (exact) mass is 630 g/mol. The Bertz CT molecular complexity index is 1760. The number of pyridine rings is 1. The molecule has 1 fully saturated rings. The minimum Gasteiger partial charge on any atom is -0.343 e. The van der Waals surface area contributed by atoms with Gasteiger partial charge < -0.3 is 5.32 Å². The maximum atomic E-state index is 14.0. The van der Waals surface area contributed by atoms with Crippen LogP contribution in [0.15, 0.2) is 53.7 Å². The van der Waals surface area contributed by atoms with Crippen LogP contribution in [-0.2, 0) is 27.7 Å². The van der Waals surface area contributed by atoms with Gasteiger partial charge in [-0.15, -0.1) is 10.2 Å². The predicted octanol–water partition coefficient (Wildman–Crippen LogP) is 2.13. The molecular weight excluding hydrogens is 612 g/mol. The fourth-order valence-electron chi connectivity index (χ4n) is 4.09. The molecule has 1 amide bonds. The summed E-state index contributed by atoms with van der Waals surface area (Å²) in [7, 11) is -3.45. The first-order valence-corrected chi connectivity index (χ1v) is 14.4. The summed E-state index contributed by atoms with van der Waals surface area (Å²) in [5.74, 6) is -3.02. The van der Waals surface area contributed by atoms with Crippen LogP contribution in [0, 0.1) is 5.92 Å². The van der Waals surface area contributed by atoms with Crippen LogP contribution in [-0.4, -0.2) is 72.1 Å². The first kappa shape index (κ1) is 28.8. The summed E-state index contributed by atoms with van der Waals surface area (Å²) in [5, 5.41) is 11.0. The van der Waals surface area contributed by atoms with Crippen LogP contribution in [0.3, 0.4) is 0 Å². The molecular formula is C23H19Cl2F3N8O4S. The van der Waals surface area contributed by atoms with E-state index in [1.165, 1.54) is 41.5 Å². The Morgan fingerprint density at radius 1 is 1.10 bits per heavy atom. The zero-order valence-electron chi connectivity index (χ0n) is 20.7. The molecule has 12 nitrogen and oxygen atoms in total. The van der Waals surface area contributed by atoms with Gasteiger partial charge in [0.05, 0.1) is 29.0 Å². The molecule has 0 bridgehead atoms. The number of nitrogens with one attached hydrogen (secondary N) is 1. The first-order chi connectivity index (χ1) is 19.3. The van der Waals surface area contributed by atoms with E-state index in [1.54, 1.807) is 12.1 Å². The van der Waals surface area contributed by atoms with Crippen molar-refractivity contribution in [2.45, 2.75) is 25.3 Å². The highest BCUT2D eigenvalue weighted by Gasteiger charge is 2.45. The Labute approximate surface area is 239 Å². The number of carbonyl (C=O) groups excluding carboxylic acids is 1. The minimum absolute atomic E-state index is 0.0907. The van der Waals surface area contributed by atoms with Crippen molar-refractivity contribution in [2.75, 3.05) is 11.5 Å². The van der Waals surface area contributed by atoms with Gasteiger partial charge in [-0.2, -0.15) is 13.2 Å². The van der Waals surface area contributed by atoms with E-state index < -0.39 is 57.6 Å². The molecule has 5 rings (SSSR count). The van der Waals surface area contributed by atoms with Gasteiger partial charge >= 0.3 is 11.9 Å². The largest absolute Gasteiger partial charge is 0.410 e. The van der Waals surface area contributed by atoms with Crippen LogP contribution in [0.4, 0.5) is 13.2 Å². The normalized spacial score (nSPS) is 15.8. The maximum Gasteiger partial charge on any atom is 0.410 e. The highest BCUT2D eigenvalue weighted by molar-refractivity contribution is 7.92. The van der Waals surface area contributed by atoms with Crippen molar-refractivity contribution in [1.29, 1.82) is 0 Å². The average molecular weight is 631 g/mol. The smallest absolute Gasteiger partial charge is 0.343 e. The predicted molar refractivity (Wildman–Crippen MR) is 140 cm³/mol. The van der Waals surface area contributed by atoms with Gasteiger partial charge in [0.2, 0.25) is 5.91 Å². The van der Waals surface area contributed by atoms with Crippen LogP contribution >= 0.6 is 23.2 Å². The lowest BCUT2D eigenvalue weighted by atomic mass is 10.1. The topological polar surface area (TPSA) is 147 Å². The summed E-state index contributed by atoms with van der Waals surface area (Å²) < 4.78 is 67.9. The van der Waals surface area contributed by atoms with Gasteiger partial charge in [0.15, 0.2) is 27.3 Å². The van der Waals surface area contributed by atoms with E-state index in [-0.39, 0.29) is 34.6 Å². The molecule has 1 aliphatic rings. The molecule has 18 heteroatoms. The third-order valence-electron chi connectivity index (χ3n) is 6.17. The van der Waals surface area contributed by atoms with E-state index >= 15 is 0 Å². The molecule has 1 saturated heterocycles. The molecule has 0 radical (unpaired) electrons. The van der Waals surface area contributed by atoms with Gasteiger partial charge in [-0.05, 0) is 36.4 Å². The number of aromatic nitrogens is 7. The second-order valence-electron chi connectivity index (χ2n) is 9.17. The quantitative estimate of drug-likeness (QED) is 0.311. The second-order valence-corrected chi connectivity index (χ2v) is 12.2. The third-order valence-corrected chi connectivity index (χ3v) is 8.54. The number of hydrogen-bond acceptors (Lipinski definition) is 8. The summed E-state index contributed by atoms with van der Waals surface area (Å²) in [6.07, 6.45) is -2.17. The number of amides is 1. The number of halogens is 5. The third kappa shape index (κ3) is 6.28. The molecule has 4 heterocycles. The lowest BCUT2D eigenvalue weighted by Crippen LogP contribution is -2.55. The molecule has 216 valence electrons. The standard InChI is InChI=1S/C23H19Cl2F3N8O4S/c24-15-5-3-13(4-6-15)19-33-35(9-18-30-12-36(32-18)20-16(25)2-1-7-29-20)22(38)34(19)8-17(23(26,27)28)31-21(37)14-10-41(39,40)11-14/h1-7,12,14,17H,8-11H2,(H,31,37). The Kier molecular flexibility index (Phi) is 7.65. The van der Waals surface area contributed by atoms with E-state index in [9.17, 15) is 31.2 Å². The molecule has 3 aromatic heterocycles. The van der Waals surface area contributed by atoms with Crippen molar-refractivity contribution in [3.63, 3.8) is 0 Å². The number of sulfone groups is 1. The molecule has 0 saturated carbocycles. The number of alkyl halides is 3.